The predicted molar refractivity (Wildman–Crippen MR) is 90.4 cm³/mol. The minimum atomic E-state index is -2.62. The fourth-order valence-electron chi connectivity index (χ4n) is 2.19. The van der Waals surface area contributed by atoms with Gasteiger partial charge in [0.15, 0.2) is 0 Å². The molecule has 0 saturated carbocycles. The highest BCUT2D eigenvalue weighted by molar-refractivity contribution is 7.38. The van der Waals surface area contributed by atoms with Crippen molar-refractivity contribution in [2.24, 2.45) is 11.3 Å². The number of aliphatic hydroxyl groups is 4. The van der Waals surface area contributed by atoms with Crippen LogP contribution in [0, 0.1) is 11.3 Å². The minimum absolute atomic E-state index is 0.393. The average Bonchev–Trinajstić information content (AvgIpc) is 2.47. The van der Waals surface area contributed by atoms with Crippen LogP contribution in [0.15, 0.2) is 0 Å². The average molecular weight is 358 g/mol. The second-order valence-electron chi connectivity index (χ2n) is 6.36. The highest BCUT2D eigenvalue weighted by atomic mass is 31.2. The van der Waals surface area contributed by atoms with Crippen molar-refractivity contribution < 1.29 is 35.1 Å². The molecule has 0 aromatic heterocycles. The molecule has 7 nitrogen and oxygen atoms in total. The van der Waals surface area contributed by atoms with E-state index in [-0.39, 0.29) is 0 Å². The topological polar surface area (TPSA) is 142 Å². The third-order valence-electron chi connectivity index (χ3n) is 3.91. The summed E-state index contributed by atoms with van der Waals surface area (Å²) in [5.74, 6) is 0.765. The van der Waals surface area contributed by atoms with Crippen molar-refractivity contribution in [3.63, 3.8) is 0 Å². The molecule has 0 aliphatic carbocycles. The molecule has 0 radical (unpaired) electrons. The molecule has 0 aliphatic heterocycles. The van der Waals surface area contributed by atoms with Gasteiger partial charge in [-0.15, -0.1) is 0 Å². The maximum absolute atomic E-state index is 9.95. The lowest BCUT2D eigenvalue weighted by Crippen LogP contribution is -2.45. The Hall–Kier alpha value is 0.150. The Balaban J connectivity index is 0. The normalized spacial score (nSPS) is 13.2. The van der Waals surface area contributed by atoms with Gasteiger partial charge in [-0.05, 0) is 12.3 Å². The fourth-order valence-corrected chi connectivity index (χ4v) is 2.19. The van der Waals surface area contributed by atoms with Gasteiger partial charge >= 0.3 is 8.60 Å². The standard InChI is InChI=1S/C15H32O4.H3O3P/c1-13(2)8-6-4-3-5-7-9-14(19)15(10-16,11-17)12-18;1-4(2)3/h13-14,16-19H,3-12H2,1-2H3;1-3H. The van der Waals surface area contributed by atoms with Gasteiger partial charge in [0, 0.05) is 0 Å². The summed E-state index contributed by atoms with van der Waals surface area (Å²) >= 11 is 0. The van der Waals surface area contributed by atoms with Crippen molar-refractivity contribution in [1.29, 1.82) is 0 Å². The number of aliphatic hydroxyl groups excluding tert-OH is 4. The van der Waals surface area contributed by atoms with Crippen molar-refractivity contribution in [3.8, 4) is 0 Å². The molecule has 0 aromatic carbocycles. The monoisotopic (exact) mass is 358 g/mol. The van der Waals surface area contributed by atoms with E-state index in [2.05, 4.69) is 13.8 Å². The van der Waals surface area contributed by atoms with Crippen LogP contribution in [0.25, 0.3) is 0 Å². The predicted octanol–water partition coefficient (Wildman–Crippen LogP) is 0.887. The quantitative estimate of drug-likeness (QED) is 0.203. The van der Waals surface area contributed by atoms with Gasteiger partial charge in [-0.25, -0.2) is 0 Å². The minimum Gasteiger partial charge on any atom is -0.396 e. The van der Waals surface area contributed by atoms with Crippen LogP contribution < -0.4 is 0 Å². The first-order chi connectivity index (χ1) is 10.8. The van der Waals surface area contributed by atoms with Crippen molar-refractivity contribution in [2.75, 3.05) is 19.8 Å². The van der Waals surface area contributed by atoms with E-state index < -0.39 is 39.9 Å². The smallest absolute Gasteiger partial charge is 0.324 e. The summed E-state index contributed by atoms with van der Waals surface area (Å²) in [6.07, 6.45) is 6.50. The molecular weight excluding hydrogens is 323 g/mol. The van der Waals surface area contributed by atoms with Crippen LogP contribution in [0.1, 0.15) is 58.8 Å². The third-order valence-corrected chi connectivity index (χ3v) is 3.91. The Bertz CT molecular complexity index is 237. The van der Waals surface area contributed by atoms with Crippen LogP contribution in [0.4, 0.5) is 0 Å². The van der Waals surface area contributed by atoms with E-state index in [1.54, 1.807) is 0 Å². The third kappa shape index (κ3) is 14.2. The fraction of sp³-hybridized carbons (Fsp3) is 1.00. The maximum Gasteiger partial charge on any atom is 0.324 e. The number of rotatable bonds is 12. The lowest BCUT2D eigenvalue weighted by atomic mass is 9.82. The summed E-state index contributed by atoms with van der Waals surface area (Å²) < 4.78 is 0. The molecule has 0 saturated heterocycles. The first-order valence-electron chi connectivity index (χ1n) is 8.13. The maximum atomic E-state index is 9.95. The van der Waals surface area contributed by atoms with E-state index in [1.807, 2.05) is 0 Å². The largest absolute Gasteiger partial charge is 0.396 e. The molecule has 1 unspecified atom stereocenters. The van der Waals surface area contributed by atoms with E-state index >= 15 is 0 Å². The number of hydrogen-bond acceptors (Lipinski definition) is 7. The molecule has 0 fully saturated rings. The first kappa shape index (κ1) is 25.4. The SMILES string of the molecule is CC(C)CCCCCCCC(O)C(CO)(CO)CO.OP(O)O. The zero-order chi connectivity index (χ0) is 18.3. The summed E-state index contributed by atoms with van der Waals surface area (Å²) in [7, 11) is -2.62. The van der Waals surface area contributed by atoms with Gasteiger partial charge < -0.3 is 35.1 Å². The highest BCUT2D eigenvalue weighted by Gasteiger charge is 2.35. The molecule has 8 heteroatoms. The van der Waals surface area contributed by atoms with Gasteiger partial charge in [0.2, 0.25) is 0 Å². The van der Waals surface area contributed by atoms with Gasteiger partial charge in [-0.2, -0.15) is 0 Å². The zero-order valence-electron chi connectivity index (χ0n) is 14.3. The Kier molecular flexibility index (Phi) is 17.3. The molecule has 7 N–H and O–H groups in total. The number of hydrogen-bond donors (Lipinski definition) is 7. The van der Waals surface area contributed by atoms with Crippen molar-refractivity contribution in [2.45, 2.75) is 64.9 Å². The molecule has 0 heterocycles. The molecule has 142 valence electrons. The molecular formula is C15H35O7P. The summed E-state index contributed by atoms with van der Waals surface area (Å²) in [5, 5.41) is 37.5. The van der Waals surface area contributed by atoms with Crippen LogP contribution in [0.3, 0.4) is 0 Å². The molecule has 0 bridgehead atoms. The molecule has 0 amide bonds. The van der Waals surface area contributed by atoms with Gasteiger partial charge in [-0.1, -0.05) is 52.4 Å². The van der Waals surface area contributed by atoms with Gasteiger partial charge in [-0.3, -0.25) is 0 Å². The Labute approximate surface area is 140 Å². The Morgan fingerprint density at radius 3 is 1.43 bits per heavy atom. The van der Waals surface area contributed by atoms with Crippen LogP contribution in [0.2, 0.25) is 0 Å². The van der Waals surface area contributed by atoms with E-state index in [4.69, 9.17) is 14.7 Å². The lowest BCUT2D eigenvalue weighted by Gasteiger charge is -2.32. The van der Waals surface area contributed by atoms with E-state index in [0.717, 1.165) is 25.2 Å². The second kappa shape index (κ2) is 15.7. The Morgan fingerprint density at radius 1 is 0.739 bits per heavy atom. The van der Waals surface area contributed by atoms with Crippen LogP contribution in [-0.4, -0.2) is 61.0 Å². The number of unbranched alkanes of at least 4 members (excludes halogenated alkanes) is 4. The molecule has 1 atom stereocenters. The van der Waals surface area contributed by atoms with Crippen molar-refractivity contribution >= 4 is 8.60 Å². The molecule has 0 spiro atoms. The van der Waals surface area contributed by atoms with Gasteiger partial charge in [0.25, 0.3) is 0 Å². The molecule has 0 aromatic rings. The molecule has 0 rings (SSSR count). The van der Waals surface area contributed by atoms with Gasteiger partial charge in [0.1, 0.15) is 0 Å². The summed E-state index contributed by atoms with van der Waals surface area (Å²) in [5.41, 5.74) is -1.16. The summed E-state index contributed by atoms with van der Waals surface area (Å²) in [4.78, 5) is 21.7. The van der Waals surface area contributed by atoms with Crippen molar-refractivity contribution in [1.82, 2.24) is 0 Å². The Morgan fingerprint density at radius 2 is 1.09 bits per heavy atom. The van der Waals surface area contributed by atoms with E-state index in [1.165, 1.54) is 19.3 Å². The summed E-state index contributed by atoms with van der Waals surface area (Å²) in [6.45, 7) is 3.28. The van der Waals surface area contributed by atoms with E-state index in [0.29, 0.717) is 6.42 Å². The second-order valence-corrected chi connectivity index (χ2v) is 6.90. The van der Waals surface area contributed by atoms with Crippen LogP contribution in [0.5, 0.6) is 0 Å². The lowest BCUT2D eigenvalue weighted by molar-refractivity contribution is -0.0863. The van der Waals surface area contributed by atoms with Gasteiger partial charge in [0.05, 0.1) is 31.3 Å². The highest BCUT2D eigenvalue weighted by Crippen LogP contribution is 2.24. The first-order valence-corrected chi connectivity index (χ1v) is 9.33. The molecule has 0 aliphatic rings. The molecule has 23 heavy (non-hydrogen) atoms. The zero-order valence-corrected chi connectivity index (χ0v) is 15.2. The summed E-state index contributed by atoms with van der Waals surface area (Å²) in [6, 6.07) is 0. The van der Waals surface area contributed by atoms with Crippen LogP contribution >= 0.6 is 8.60 Å². The van der Waals surface area contributed by atoms with E-state index in [9.17, 15) is 20.4 Å². The van der Waals surface area contributed by atoms with Crippen molar-refractivity contribution in [3.05, 3.63) is 0 Å². The van der Waals surface area contributed by atoms with Crippen LogP contribution in [-0.2, 0) is 0 Å².